The van der Waals surface area contributed by atoms with E-state index in [1.54, 1.807) is 0 Å². The molecule has 68 valence electrons. The van der Waals surface area contributed by atoms with Crippen LogP contribution in [-0.2, 0) is 6.54 Å². The summed E-state index contributed by atoms with van der Waals surface area (Å²) < 4.78 is 2.18. The Labute approximate surface area is 73.6 Å². The summed E-state index contributed by atoms with van der Waals surface area (Å²) in [5, 5.41) is 0. The molecule has 0 radical (unpaired) electrons. The molecule has 1 aromatic rings. The first-order valence-corrected chi connectivity index (χ1v) is 4.54. The number of rotatable bonds is 4. The van der Waals surface area contributed by atoms with Gasteiger partial charge in [0.15, 0.2) is 0 Å². The lowest BCUT2D eigenvalue weighted by atomic mass is 10.1. The van der Waals surface area contributed by atoms with Crippen LogP contribution in [0.3, 0.4) is 0 Å². The van der Waals surface area contributed by atoms with Crippen LogP contribution in [-0.4, -0.2) is 9.55 Å². The SMILES string of the molecule is CCC(CC)n1cncc1CN. The standard InChI is InChI=1S/C9H17N3/c1-3-8(4-2)12-7-11-6-9(12)5-10/h6-8H,3-5,10H2,1-2H3. The van der Waals surface area contributed by atoms with Gasteiger partial charge in [-0.05, 0) is 12.8 Å². The maximum absolute atomic E-state index is 5.58. The van der Waals surface area contributed by atoms with Gasteiger partial charge in [-0.25, -0.2) is 4.98 Å². The average Bonchev–Trinajstić information content (AvgIpc) is 2.55. The molecule has 1 heterocycles. The molecule has 0 fully saturated rings. The van der Waals surface area contributed by atoms with Crippen LogP contribution >= 0.6 is 0 Å². The van der Waals surface area contributed by atoms with Crippen molar-refractivity contribution in [3.8, 4) is 0 Å². The van der Waals surface area contributed by atoms with Crippen molar-refractivity contribution >= 4 is 0 Å². The molecule has 0 saturated carbocycles. The number of imidazole rings is 1. The van der Waals surface area contributed by atoms with Gasteiger partial charge in [-0.1, -0.05) is 13.8 Å². The normalized spacial score (nSPS) is 11.0. The molecular formula is C9H17N3. The van der Waals surface area contributed by atoms with Crippen molar-refractivity contribution in [2.24, 2.45) is 5.73 Å². The molecule has 0 saturated heterocycles. The Balaban J connectivity index is 2.83. The number of hydrogen-bond acceptors (Lipinski definition) is 2. The summed E-state index contributed by atoms with van der Waals surface area (Å²) in [7, 11) is 0. The zero-order chi connectivity index (χ0) is 8.97. The van der Waals surface area contributed by atoms with E-state index in [9.17, 15) is 0 Å². The smallest absolute Gasteiger partial charge is 0.0951 e. The van der Waals surface area contributed by atoms with Crippen LogP contribution in [0.15, 0.2) is 12.5 Å². The second-order valence-electron chi connectivity index (χ2n) is 2.97. The molecule has 0 aliphatic heterocycles. The molecule has 0 aliphatic rings. The van der Waals surface area contributed by atoms with E-state index < -0.39 is 0 Å². The van der Waals surface area contributed by atoms with E-state index >= 15 is 0 Å². The first kappa shape index (κ1) is 9.26. The minimum atomic E-state index is 0.561. The third-order valence-electron chi connectivity index (χ3n) is 2.29. The molecule has 3 heteroatoms. The van der Waals surface area contributed by atoms with E-state index in [0.717, 1.165) is 18.5 Å². The minimum Gasteiger partial charge on any atom is -0.330 e. The molecule has 1 aromatic heterocycles. The maximum Gasteiger partial charge on any atom is 0.0951 e. The van der Waals surface area contributed by atoms with Crippen LogP contribution in [0.5, 0.6) is 0 Å². The Bertz CT molecular complexity index is 225. The van der Waals surface area contributed by atoms with Gasteiger partial charge in [0.25, 0.3) is 0 Å². The molecular weight excluding hydrogens is 150 g/mol. The topological polar surface area (TPSA) is 43.8 Å². The monoisotopic (exact) mass is 167 g/mol. The van der Waals surface area contributed by atoms with E-state index in [2.05, 4.69) is 23.4 Å². The first-order chi connectivity index (χ1) is 5.83. The Morgan fingerprint density at radius 2 is 2.17 bits per heavy atom. The molecule has 0 unspecified atom stereocenters. The zero-order valence-corrected chi connectivity index (χ0v) is 7.83. The van der Waals surface area contributed by atoms with Crippen molar-refractivity contribution in [1.82, 2.24) is 9.55 Å². The van der Waals surface area contributed by atoms with Gasteiger partial charge in [0.2, 0.25) is 0 Å². The Morgan fingerprint density at radius 3 is 2.67 bits per heavy atom. The summed E-state index contributed by atoms with van der Waals surface area (Å²) in [4.78, 5) is 4.09. The van der Waals surface area contributed by atoms with E-state index in [4.69, 9.17) is 5.73 Å². The maximum atomic E-state index is 5.58. The van der Waals surface area contributed by atoms with Crippen molar-refractivity contribution < 1.29 is 0 Å². The van der Waals surface area contributed by atoms with Gasteiger partial charge in [-0.3, -0.25) is 0 Å². The molecule has 0 amide bonds. The summed E-state index contributed by atoms with van der Waals surface area (Å²) in [6, 6.07) is 0.561. The van der Waals surface area contributed by atoms with Gasteiger partial charge in [0.1, 0.15) is 0 Å². The summed E-state index contributed by atoms with van der Waals surface area (Å²) >= 11 is 0. The molecule has 2 N–H and O–H groups in total. The highest BCUT2D eigenvalue weighted by atomic mass is 15.1. The summed E-state index contributed by atoms with van der Waals surface area (Å²) in [5.74, 6) is 0. The van der Waals surface area contributed by atoms with Gasteiger partial charge in [0.05, 0.1) is 12.0 Å². The van der Waals surface area contributed by atoms with Crippen molar-refractivity contribution in [3.05, 3.63) is 18.2 Å². The molecule has 0 aromatic carbocycles. The van der Waals surface area contributed by atoms with Crippen molar-refractivity contribution in [2.45, 2.75) is 39.3 Å². The lowest BCUT2D eigenvalue weighted by Gasteiger charge is -2.16. The quantitative estimate of drug-likeness (QED) is 0.741. The number of nitrogens with zero attached hydrogens (tertiary/aromatic N) is 2. The summed E-state index contributed by atoms with van der Waals surface area (Å²) in [6.07, 6.45) is 6.00. The van der Waals surface area contributed by atoms with Gasteiger partial charge in [0, 0.05) is 18.8 Å². The molecule has 0 aliphatic carbocycles. The third kappa shape index (κ3) is 1.67. The van der Waals surface area contributed by atoms with Crippen LogP contribution in [0.1, 0.15) is 38.4 Å². The van der Waals surface area contributed by atoms with Gasteiger partial charge in [-0.2, -0.15) is 0 Å². The summed E-state index contributed by atoms with van der Waals surface area (Å²) in [6.45, 7) is 4.96. The second kappa shape index (κ2) is 4.26. The van der Waals surface area contributed by atoms with Crippen LogP contribution < -0.4 is 5.73 Å². The van der Waals surface area contributed by atoms with Gasteiger partial charge in [-0.15, -0.1) is 0 Å². The Morgan fingerprint density at radius 1 is 1.50 bits per heavy atom. The zero-order valence-electron chi connectivity index (χ0n) is 7.83. The highest BCUT2D eigenvalue weighted by Crippen LogP contribution is 2.16. The first-order valence-electron chi connectivity index (χ1n) is 4.54. The molecule has 1 rings (SSSR count). The van der Waals surface area contributed by atoms with Gasteiger partial charge >= 0.3 is 0 Å². The van der Waals surface area contributed by atoms with Crippen LogP contribution in [0.4, 0.5) is 0 Å². The minimum absolute atomic E-state index is 0.561. The van der Waals surface area contributed by atoms with E-state index in [1.807, 2.05) is 12.5 Å². The Kier molecular flexibility index (Phi) is 3.29. The fourth-order valence-electron chi connectivity index (χ4n) is 1.50. The second-order valence-corrected chi connectivity index (χ2v) is 2.97. The molecule has 12 heavy (non-hydrogen) atoms. The predicted octanol–water partition coefficient (Wildman–Crippen LogP) is 1.70. The van der Waals surface area contributed by atoms with Crippen LogP contribution in [0, 0.1) is 0 Å². The van der Waals surface area contributed by atoms with Crippen molar-refractivity contribution in [1.29, 1.82) is 0 Å². The van der Waals surface area contributed by atoms with Gasteiger partial charge < -0.3 is 10.3 Å². The number of nitrogens with two attached hydrogens (primary N) is 1. The Hall–Kier alpha value is -0.830. The highest BCUT2D eigenvalue weighted by Gasteiger charge is 2.08. The average molecular weight is 167 g/mol. The van der Waals surface area contributed by atoms with Crippen molar-refractivity contribution in [3.63, 3.8) is 0 Å². The fourth-order valence-corrected chi connectivity index (χ4v) is 1.50. The van der Waals surface area contributed by atoms with Crippen LogP contribution in [0.25, 0.3) is 0 Å². The highest BCUT2D eigenvalue weighted by molar-refractivity contribution is 4.99. The summed E-state index contributed by atoms with van der Waals surface area (Å²) in [5.41, 5.74) is 6.71. The molecule has 0 bridgehead atoms. The van der Waals surface area contributed by atoms with Crippen molar-refractivity contribution in [2.75, 3.05) is 0 Å². The molecule has 3 nitrogen and oxygen atoms in total. The van der Waals surface area contributed by atoms with Crippen LogP contribution in [0.2, 0.25) is 0 Å². The predicted molar refractivity (Wildman–Crippen MR) is 49.7 cm³/mol. The number of aromatic nitrogens is 2. The number of hydrogen-bond donors (Lipinski definition) is 1. The third-order valence-corrected chi connectivity index (χ3v) is 2.29. The molecule has 0 spiro atoms. The fraction of sp³-hybridized carbons (Fsp3) is 0.667. The molecule has 0 atom stereocenters. The van der Waals surface area contributed by atoms with E-state index in [1.165, 1.54) is 0 Å². The largest absolute Gasteiger partial charge is 0.330 e. The lowest BCUT2D eigenvalue weighted by molar-refractivity contribution is 0.458. The lowest BCUT2D eigenvalue weighted by Crippen LogP contribution is -2.11. The van der Waals surface area contributed by atoms with E-state index in [0.29, 0.717) is 12.6 Å². The van der Waals surface area contributed by atoms with E-state index in [-0.39, 0.29) is 0 Å².